The molecule has 0 aliphatic rings. The van der Waals surface area contributed by atoms with E-state index < -0.39 is 0 Å². The Morgan fingerprint density at radius 3 is 2.94 bits per heavy atom. The number of carbonyl (C=O) groups is 1. The number of Topliss-reactive ketones (excluding diaryl/α,β-unsaturated/α-hetero) is 1. The molecule has 1 heterocycles. The van der Waals surface area contributed by atoms with Crippen LogP contribution in [-0.4, -0.2) is 11.5 Å². The van der Waals surface area contributed by atoms with E-state index in [1.54, 1.807) is 17.4 Å². The molecular formula is C14H13FOS2. The molecule has 0 aliphatic carbocycles. The van der Waals surface area contributed by atoms with E-state index in [-0.39, 0.29) is 11.6 Å². The van der Waals surface area contributed by atoms with Gasteiger partial charge in [0.1, 0.15) is 11.6 Å². The Kier molecular flexibility index (Phi) is 4.96. The first-order valence-electron chi connectivity index (χ1n) is 5.65. The maximum atomic E-state index is 12.9. The fourth-order valence-corrected chi connectivity index (χ4v) is 3.06. The zero-order chi connectivity index (χ0) is 12.8. The van der Waals surface area contributed by atoms with Gasteiger partial charge in [-0.3, -0.25) is 4.79 Å². The molecule has 18 heavy (non-hydrogen) atoms. The van der Waals surface area contributed by atoms with Crippen LogP contribution >= 0.6 is 23.1 Å². The Labute approximate surface area is 114 Å². The van der Waals surface area contributed by atoms with Gasteiger partial charge in [-0.2, -0.15) is 11.3 Å². The number of hydrogen-bond acceptors (Lipinski definition) is 3. The zero-order valence-electron chi connectivity index (χ0n) is 9.77. The molecule has 1 aromatic heterocycles. The van der Waals surface area contributed by atoms with Crippen LogP contribution in [-0.2, 0) is 11.2 Å². The van der Waals surface area contributed by atoms with Crippen molar-refractivity contribution in [2.75, 3.05) is 5.75 Å². The fraction of sp³-hybridized carbons (Fsp3) is 0.214. The number of thiophene rings is 1. The fourth-order valence-electron chi connectivity index (χ4n) is 1.51. The third-order valence-corrected chi connectivity index (χ3v) is 4.25. The molecule has 0 atom stereocenters. The molecule has 0 saturated carbocycles. The van der Waals surface area contributed by atoms with Gasteiger partial charge in [0, 0.05) is 11.3 Å². The quantitative estimate of drug-likeness (QED) is 0.738. The first-order valence-corrected chi connectivity index (χ1v) is 7.58. The van der Waals surface area contributed by atoms with Crippen molar-refractivity contribution in [3.8, 4) is 0 Å². The number of benzene rings is 1. The molecule has 0 radical (unpaired) electrons. The molecule has 94 valence electrons. The topological polar surface area (TPSA) is 17.1 Å². The molecule has 1 nitrogen and oxygen atoms in total. The van der Waals surface area contributed by atoms with Gasteiger partial charge in [0.15, 0.2) is 0 Å². The van der Waals surface area contributed by atoms with E-state index in [1.165, 1.54) is 29.5 Å². The van der Waals surface area contributed by atoms with Crippen LogP contribution in [0, 0.1) is 5.82 Å². The summed E-state index contributed by atoms with van der Waals surface area (Å²) in [6.07, 6.45) is 1.35. The van der Waals surface area contributed by atoms with Crippen molar-refractivity contribution in [3.05, 3.63) is 52.5 Å². The standard InChI is InChI=1S/C14H13FOS2/c15-12-2-1-3-14(8-12)18-10-13(16)5-4-11-6-7-17-9-11/h1-3,6-9H,4-5,10H2. The summed E-state index contributed by atoms with van der Waals surface area (Å²) in [6.45, 7) is 0. The summed E-state index contributed by atoms with van der Waals surface area (Å²) < 4.78 is 12.9. The minimum Gasteiger partial charge on any atom is -0.299 e. The highest BCUT2D eigenvalue weighted by molar-refractivity contribution is 8.00. The van der Waals surface area contributed by atoms with Gasteiger partial charge in [0.05, 0.1) is 5.75 Å². The average Bonchev–Trinajstić information content (AvgIpc) is 2.87. The van der Waals surface area contributed by atoms with Crippen molar-refractivity contribution < 1.29 is 9.18 Å². The van der Waals surface area contributed by atoms with Crippen LogP contribution in [0.3, 0.4) is 0 Å². The summed E-state index contributed by atoms with van der Waals surface area (Å²) in [4.78, 5) is 12.5. The molecule has 0 bridgehead atoms. The molecule has 2 rings (SSSR count). The van der Waals surface area contributed by atoms with Crippen LogP contribution < -0.4 is 0 Å². The van der Waals surface area contributed by atoms with E-state index in [1.807, 2.05) is 17.5 Å². The zero-order valence-corrected chi connectivity index (χ0v) is 11.4. The molecular weight excluding hydrogens is 267 g/mol. The Morgan fingerprint density at radius 1 is 1.33 bits per heavy atom. The van der Waals surface area contributed by atoms with E-state index in [4.69, 9.17) is 0 Å². The van der Waals surface area contributed by atoms with Crippen LogP contribution in [0.25, 0.3) is 0 Å². The SMILES string of the molecule is O=C(CCc1ccsc1)CSc1cccc(F)c1. The number of halogens is 1. The number of carbonyl (C=O) groups excluding carboxylic acids is 1. The second kappa shape index (κ2) is 6.71. The monoisotopic (exact) mass is 280 g/mol. The van der Waals surface area contributed by atoms with Crippen molar-refractivity contribution in [2.24, 2.45) is 0 Å². The highest BCUT2D eigenvalue weighted by Gasteiger charge is 2.05. The van der Waals surface area contributed by atoms with Crippen molar-refractivity contribution in [2.45, 2.75) is 17.7 Å². The van der Waals surface area contributed by atoms with Crippen LogP contribution in [0.15, 0.2) is 46.0 Å². The van der Waals surface area contributed by atoms with Crippen molar-refractivity contribution >= 4 is 28.9 Å². The van der Waals surface area contributed by atoms with Crippen molar-refractivity contribution in [1.29, 1.82) is 0 Å². The van der Waals surface area contributed by atoms with Crippen LogP contribution in [0.2, 0.25) is 0 Å². The lowest BCUT2D eigenvalue weighted by Crippen LogP contribution is -2.02. The Bertz CT molecular complexity index is 508. The highest BCUT2D eigenvalue weighted by atomic mass is 32.2. The van der Waals surface area contributed by atoms with Gasteiger partial charge in [-0.1, -0.05) is 6.07 Å². The number of aryl methyl sites for hydroxylation is 1. The van der Waals surface area contributed by atoms with Crippen molar-refractivity contribution in [3.63, 3.8) is 0 Å². The average molecular weight is 280 g/mol. The first kappa shape index (κ1) is 13.3. The molecule has 0 amide bonds. The Morgan fingerprint density at radius 2 is 2.22 bits per heavy atom. The second-order valence-corrected chi connectivity index (χ2v) is 5.75. The van der Waals surface area contributed by atoms with Gasteiger partial charge in [-0.25, -0.2) is 4.39 Å². The van der Waals surface area contributed by atoms with Gasteiger partial charge >= 0.3 is 0 Å². The molecule has 0 unspecified atom stereocenters. The van der Waals surface area contributed by atoms with E-state index in [2.05, 4.69) is 5.38 Å². The van der Waals surface area contributed by atoms with Gasteiger partial charge < -0.3 is 0 Å². The van der Waals surface area contributed by atoms with Crippen LogP contribution in [0.1, 0.15) is 12.0 Å². The summed E-state index contributed by atoms with van der Waals surface area (Å²) in [5, 5.41) is 4.08. The Balaban J connectivity index is 1.75. The summed E-state index contributed by atoms with van der Waals surface area (Å²) in [5.41, 5.74) is 1.21. The molecule has 0 N–H and O–H groups in total. The molecule has 4 heteroatoms. The number of hydrogen-bond donors (Lipinski definition) is 0. The molecule has 1 aromatic carbocycles. The molecule has 2 aromatic rings. The largest absolute Gasteiger partial charge is 0.299 e. The van der Waals surface area contributed by atoms with E-state index in [0.29, 0.717) is 12.2 Å². The maximum absolute atomic E-state index is 12.9. The number of ketones is 1. The third kappa shape index (κ3) is 4.27. The summed E-state index contributed by atoms with van der Waals surface area (Å²) in [7, 11) is 0. The predicted octanol–water partition coefficient (Wildman–Crippen LogP) is 4.18. The summed E-state index contributed by atoms with van der Waals surface area (Å²) in [6, 6.07) is 8.38. The lowest BCUT2D eigenvalue weighted by atomic mass is 10.1. The Hall–Kier alpha value is -1.13. The minimum atomic E-state index is -0.259. The van der Waals surface area contributed by atoms with Gasteiger partial charge in [-0.15, -0.1) is 11.8 Å². The van der Waals surface area contributed by atoms with Crippen LogP contribution in [0.5, 0.6) is 0 Å². The number of rotatable bonds is 6. The summed E-state index contributed by atoms with van der Waals surface area (Å²) in [5.74, 6) is 0.356. The maximum Gasteiger partial charge on any atom is 0.143 e. The van der Waals surface area contributed by atoms with E-state index in [9.17, 15) is 9.18 Å². The highest BCUT2D eigenvalue weighted by Crippen LogP contribution is 2.19. The summed E-state index contributed by atoms with van der Waals surface area (Å²) >= 11 is 3.04. The third-order valence-electron chi connectivity index (χ3n) is 2.47. The lowest BCUT2D eigenvalue weighted by molar-refractivity contribution is -0.116. The normalized spacial score (nSPS) is 10.5. The first-order chi connectivity index (χ1) is 8.74. The van der Waals surface area contributed by atoms with Crippen LogP contribution in [0.4, 0.5) is 4.39 Å². The molecule has 0 aliphatic heterocycles. The van der Waals surface area contributed by atoms with Gasteiger partial charge in [0.2, 0.25) is 0 Å². The number of thioether (sulfide) groups is 1. The van der Waals surface area contributed by atoms with Crippen molar-refractivity contribution in [1.82, 2.24) is 0 Å². The smallest absolute Gasteiger partial charge is 0.143 e. The van der Waals surface area contributed by atoms with Gasteiger partial charge in [0.25, 0.3) is 0 Å². The second-order valence-electron chi connectivity index (χ2n) is 3.92. The lowest BCUT2D eigenvalue weighted by Gasteiger charge is -2.01. The molecule has 0 saturated heterocycles. The van der Waals surface area contributed by atoms with E-state index in [0.717, 1.165) is 11.3 Å². The molecule has 0 fully saturated rings. The minimum absolute atomic E-state index is 0.204. The van der Waals surface area contributed by atoms with E-state index >= 15 is 0 Å². The van der Waals surface area contributed by atoms with Gasteiger partial charge in [-0.05, 0) is 47.0 Å². The molecule has 0 spiro atoms. The predicted molar refractivity (Wildman–Crippen MR) is 74.8 cm³/mol.